The van der Waals surface area contributed by atoms with Crippen LogP contribution in [0.2, 0.25) is 0 Å². The Morgan fingerprint density at radius 3 is 2.55 bits per heavy atom. The largest absolute Gasteiger partial charge is 0.375 e. The van der Waals surface area contributed by atoms with Gasteiger partial charge in [-0.05, 0) is 44.7 Å². The summed E-state index contributed by atoms with van der Waals surface area (Å²) >= 11 is 0. The molecule has 0 amide bonds. The summed E-state index contributed by atoms with van der Waals surface area (Å²) in [7, 11) is 0. The molecule has 20 heavy (non-hydrogen) atoms. The molecule has 4 saturated heterocycles. The van der Waals surface area contributed by atoms with E-state index in [9.17, 15) is 0 Å². The average molecular weight is 279 g/mol. The Kier molecular flexibility index (Phi) is 3.53. The lowest BCUT2D eigenvalue weighted by molar-refractivity contribution is -0.163. The van der Waals surface area contributed by atoms with Crippen LogP contribution in [0.3, 0.4) is 0 Å². The molecule has 4 aliphatic heterocycles. The highest BCUT2D eigenvalue weighted by atomic mass is 16.5. The van der Waals surface area contributed by atoms with Crippen molar-refractivity contribution in [2.75, 3.05) is 39.3 Å². The van der Waals surface area contributed by atoms with E-state index < -0.39 is 0 Å². The van der Waals surface area contributed by atoms with Crippen LogP contribution in [0.25, 0.3) is 0 Å². The number of hydrogen-bond acceptors (Lipinski definition) is 4. The first-order chi connectivity index (χ1) is 9.83. The molecule has 0 aromatic rings. The third-order valence-electron chi connectivity index (χ3n) is 6.50. The number of piperidine rings is 3. The van der Waals surface area contributed by atoms with Crippen LogP contribution < -0.4 is 5.73 Å². The number of hydrogen-bond donors (Lipinski definition) is 1. The van der Waals surface area contributed by atoms with Crippen molar-refractivity contribution in [1.82, 2.24) is 9.80 Å². The Hall–Kier alpha value is -0.160. The highest BCUT2D eigenvalue weighted by molar-refractivity contribution is 5.09. The molecule has 4 nitrogen and oxygen atoms in total. The summed E-state index contributed by atoms with van der Waals surface area (Å²) in [6.07, 6.45) is 8.49. The van der Waals surface area contributed by atoms with Crippen molar-refractivity contribution < 1.29 is 4.74 Å². The monoisotopic (exact) mass is 279 g/mol. The lowest BCUT2D eigenvalue weighted by Crippen LogP contribution is -2.74. The molecule has 1 saturated carbocycles. The van der Waals surface area contributed by atoms with Gasteiger partial charge in [-0.1, -0.05) is 12.8 Å². The van der Waals surface area contributed by atoms with Gasteiger partial charge in [0, 0.05) is 31.2 Å². The number of fused-ring (bicyclic) bond motifs is 4. The fourth-order valence-electron chi connectivity index (χ4n) is 5.47. The van der Waals surface area contributed by atoms with Gasteiger partial charge in [-0.25, -0.2) is 0 Å². The summed E-state index contributed by atoms with van der Waals surface area (Å²) in [4.78, 5) is 5.47. The Bertz CT molecular complexity index is 354. The quantitative estimate of drug-likeness (QED) is 0.820. The maximum Gasteiger partial charge on any atom is 0.0731 e. The van der Waals surface area contributed by atoms with Crippen LogP contribution in [0.1, 0.15) is 38.5 Å². The first-order valence-corrected chi connectivity index (χ1v) is 8.64. The van der Waals surface area contributed by atoms with Gasteiger partial charge < -0.3 is 15.4 Å². The standard InChI is InChI=1S/C16H29N3O/c17-11-16(12-18-7-5-13(16)6-8-18)19-9-10-20-15-4-2-1-3-14(15)19/h13-15H,1-12,17H2. The Balaban J connectivity index is 1.62. The molecule has 2 bridgehead atoms. The van der Waals surface area contributed by atoms with Gasteiger partial charge in [-0.15, -0.1) is 0 Å². The first kappa shape index (κ1) is 13.5. The Morgan fingerprint density at radius 1 is 1.05 bits per heavy atom. The van der Waals surface area contributed by atoms with Gasteiger partial charge in [0.05, 0.1) is 12.7 Å². The van der Waals surface area contributed by atoms with Gasteiger partial charge in [0.1, 0.15) is 0 Å². The Morgan fingerprint density at radius 2 is 1.85 bits per heavy atom. The Labute approximate surface area is 122 Å². The number of morpholine rings is 1. The van der Waals surface area contributed by atoms with E-state index in [-0.39, 0.29) is 5.54 Å². The molecule has 0 radical (unpaired) electrons. The summed E-state index contributed by atoms with van der Waals surface area (Å²) in [6, 6.07) is 0.640. The molecule has 5 aliphatic rings. The SMILES string of the molecule is NCC1(N2CCOC3CCCCC32)CN2CCC1CC2. The zero-order chi connectivity index (χ0) is 13.6. The fourth-order valence-corrected chi connectivity index (χ4v) is 5.47. The summed E-state index contributed by atoms with van der Waals surface area (Å²) in [6.45, 7) is 6.64. The normalized spacial score (nSPS) is 49.0. The first-order valence-electron chi connectivity index (χ1n) is 8.64. The van der Waals surface area contributed by atoms with Crippen molar-refractivity contribution in [3.63, 3.8) is 0 Å². The van der Waals surface area contributed by atoms with E-state index >= 15 is 0 Å². The van der Waals surface area contributed by atoms with Gasteiger partial charge in [-0.3, -0.25) is 4.90 Å². The molecule has 3 atom stereocenters. The number of nitrogens with zero attached hydrogens (tertiary/aromatic N) is 2. The summed E-state index contributed by atoms with van der Waals surface area (Å²) in [5, 5.41) is 0. The number of rotatable bonds is 2. The zero-order valence-corrected chi connectivity index (χ0v) is 12.6. The van der Waals surface area contributed by atoms with Crippen molar-refractivity contribution >= 4 is 0 Å². The fraction of sp³-hybridized carbons (Fsp3) is 1.00. The van der Waals surface area contributed by atoms with Crippen LogP contribution in [0, 0.1) is 5.92 Å². The number of ether oxygens (including phenoxy) is 1. The molecule has 1 aliphatic carbocycles. The predicted molar refractivity (Wildman–Crippen MR) is 79.7 cm³/mol. The van der Waals surface area contributed by atoms with Gasteiger partial charge in [0.15, 0.2) is 0 Å². The van der Waals surface area contributed by atoms with E-state index in [1.165, 1.54) is 58.2 Å². The van der Waals surface area contributed by atoms with Crippen LogP contribution in [0.15, 0.2) is 0 Å². The second kappa shape index (κ2) is 5.24. The van der Waals surface area contributed by atoms with Crippen molar-refractivity contribution in [2.45, 2.75) is 56.2 Å². The predicted octanol–water partition coefficient (Wildman–Crippen LogP) is 1.05. The maximum absolute atomic E-state index is 6.37. The maximum atomic E-state index is 6.37. The van der Waals surface area contributed by atoms with Crippen LogP contribution >= 0.6 is 0 Å². The molecule has 5 rings (SSSR count). The van der Waals surface area contributed by atoms with E-state index in [0.29, 0.717) is 12.1 Å². The van der Waals surface area contributed by atoms with Gasteiger partial charge in [0.2, 0.25) is 0 Å². The third kappa shape index (κ3) is 1.96. The second-order valence-electron chi connectivity index (χ2n) is 7.31. The minimum Gasteiger partial charge on any atom is -0.375 e. The van der Waals surface area contributed by atoms with Gasteiger partial charge in [-0.2, -0.15) is 0 Å². The summed E-state index contributed by atoms with van der Waals surface area (Å²) in [5.41, 5.74) is 6.62. The molecule has 5 fully saturated rings. The highest BCUT2D eigenvalue weighted by Gasteiger charge is 2.53. The number of nitrogens with two attached hydrogens (primary N) is 1. The minimum atomic E-state index is 0.251. The highest BCUT2D eigenvalue weighted by Crippen LogP contribution is 2.43. The summed E-state index contributed by atoms with van der Waals surface area (Å²) < 4.78 is 6.08. The van der Waals surface area contributed by atoms with Crippen molar-refractivity contribution in [1.29, 1.82) is 0 Å². The molecule has 0 aromatic carbocycles. The molecule has 0 spiro atoms. The molecule has 3 unspecified atom stereocenters. The van der Waals surface area contributed by atoms with Crippen LogP contribution in [-0.2, 0) is 4.74 Å². The minimum absolute atomic E-state index is 0.251. The topological polar surface area (TPSA) is 41.7 Å². The lowest BCUT2D eigenvalue weighted by Gasteiger charge is -2.61. The third-order valence-corrected chi connectivity index (χ3v) is 6.50. The smallest absolute Gasteiger partial charge is 0.0731 e. The molecular formula is C16H29N3O. The van der Waals surface area contributed by atoms with E-state index in [0.717, 1.165) is 25.6 Å². The van der Waals surface area contributed by atoms with E-state index in [1.807, 2.05) is 0 Å². The summed E-state index contributed by atoms with van der Waals surface area (Å²) in [5.74, 6) is 0.818. The van der Waals surface area contributed by atoms with Crippen LogP contribution in [-0.4, -0.2) is 66.8 Å². The molecule has 0 aromatic heterocycles. The van der Waals surface area contributed by atoms with Crippen LogP contribution in [0.5, 0.6) is 0 Å². The molecule has 4 heterocycles. The molecular weight excluding hydrogens is 250 g/mol. The second-order valence-corrected chi connectivity index (χ2v) is 7.31. The molecule has 2 N–H and O–H groups in total. The zero-order valence-electron chi connectivity index (χ0n) is 12.6. The van der Waals surface area contributed by atoms with Gasteiger partial charge in [0.25, 0.3) is 0 Å². The molecule has 4 heteroatoms. The van der Waals surface area contributed by atoms with E-state index in [2.05, 4.69) is 9.80 Å². The van der Waals surface area contributed by atoms with E-state index in [1.54, 1.807) is 0 Å². The average Bonchev–Trinajstić information content (AvgIpc) is 2.55. The molecule has 114 valence electrons. The van der Waals surface area contributed by atoms with E-state index in [4.69, 9.17) is 10.5 Å². The van der Waals surface area contributed by atoms with Crippen molar-refractivity contribution in [3.05, 3.63) is 0 Å². The van der Waals surface area contributed by atoms with Crippen molar-refractivity contribution in [3.8, 4) is 0 Å². The lowest BCUT2D eigenvalue weighted by atomic mass is 9.70. The van der Waals surface area contributed by atoms with Crippen molar-refractivity contribution in [2.24, 2.45) is 11.7 Å². The van der Waals surface area contributed by atoms with Crippen LogP contribution in [0.4, 0.5) is 0 Å². The van der Waals surface area contributed by atoms with Gasteiger partial charge >= 0.3 is 0 Å².